The molecule has 0 saturated carbocycles. The minimum atomic E-state index is -0.867. The van der Waals surface area contributed by atoms with Crippen molar-refractivity contribution in [2.45, 2.75) is 31.6 Å². The van der Waals surface area contributed by atoms with Gasteiger partial charge in [0.05, 0.1) is 17.5 Å². The molecular weight excluding hydrogens is 254 g/mol. The first-order valence-electron chi connectivity index (χ1n) is 5.89. The predicted molar refractivity (Wildman–Crippen MR) is 67.8 cm³/mol. The topological polar surface area (TPSA) is 78.8 Å². The molecule has 0 unspecified atom stereocenters. The molecule has 2 heterocycles. The molecule has 0 bridgehead atoms. The van der Waals surface area contributed by atoms with Crippen LogP contribution in [0, 0.1) is 6.92 Å². The molecule has 5 nitrogen and oxygen atoms in total. The Hall–Kier alpha value is -0.950. The van der Waals surface area contributed by atoms with E-state index in [1.807, 2.05) is 13.0 Å². The number of aryl methyl sites for hydroxylation is 1. The van der Waals surface area contributed by atoms with Gasteiger partial charge in [-0.25, -0.2) is 0 Å². The highest BCUT2D eigenvalue weighted by Crippen LogP contribution is 2.18. The van der Waals surface area contributed by atoms with Crippen LogP contribution in [0.15, 0.2) is 12.1 Å². The number of carbonyl (C=O) groups excluding carboxylic acids is 1. The van der Waals surface area contributed by atoms with Gasteiger partial charge in [-0.1, -0.05) is 0 Å². The summed E-state index contributed by atoms with van der Waals surface area (Å²) >= 11 is 1.42. The number of carbonyl (C=O) groups is 1. The predicted octanol–water partition coefficient (Wildman–Crippen LogP) is 0.297. The summed E-state index contributed by atoms with van der Waals surface area (Å²) < 4.78 is 5.21. The van der Waals surface area contributed by atoms with Gasteiger partial charge in [-0.2, -0.15) is 0 Å². The third kappa shape index (κ3) is 2.89. The van der Waals surface area contributed by atoms with E-state index in [2.05, 4.69) is 5.32 Å². The lowest BCUT2D eigenvalue weighted by atomic mass is 10.00. The molecule has 6 heteroatoms. The van der Waals surface area contributed by atoms with E-state index < -0.39 is 12.2 Å². The normalized spacial score (nSPS) is 28.1. The molecule has 1 aliphatic heterocycles. The maximum absolute atomic E-state index is 12.0. The van der Waals surface area contributed by atoms with Crippen molar-refractivity contribution in [3.8, 4) is 0 Å². The van der Waals surface area contributed by atoms with Crippen LogP contribution in [0.3, 0.4) is 0 Å². The maximum atomic E-state index is 12.0. The van der Waals surface area contributed by atoms with Crippen LogP contribution in [0.5, 0.6) is 0 Å². The number of aliphatic hydroxyl groups is 2. The highest BCUT2D eigenvalue weighted by molar-refractivity contribution is 7.13. The number of hydrogen-bond acceptors (Lipinski definition) is 5. The van der Waals surface area contributed by atoms with E-state index in [9.17, 15) is 9.90 Å². The van der Waals surface area contributed by atoms with E-state index in [1.54, 1.807) is 6.07 Å². The Balaban J connectivity index is 1.98. The second kappa shape index (κ2) is 5.79. The summed E-state index contributed by atoms with van der Waals surface area (Å²) in [7, 11) is 0. The fraction of sp³-hybridized carbons (Fsp3) is 0.583. The van der Waals surface area contributed by atoms with Gasteiger partial charge in [0.1, 0.15) is 12.2 Å². The molecule has 18 heavy (non-hydrogen) atoms. The zero-order valence-electron chi connectivity index (χ0n) is 10.1. The average Bonchev–Trinajstić information content (AvgIpc) is 2.78. The first-order chi connectivity index (χ1) is 8.61. The standard InChI is InChI=1S/C12H17NO4S/c1-7-2-3-10(18-7)12(16)13-8-4-5-17-9(6-14)11(8)15/h2-3,8-9,11,14-15H,4-6H2,1H3,(H,13,16)/t8-,9+,11-/m0/s1. The molecule has 0 aliphatic carbocycles. The first-order valence-corrected chi connectivity index (χ1v) is 6.71. The molecule has 100 valence electrons. The Kier molecular flexibility index (Phi) is 4.34. The Bertz CT molecular complexity index is 420. The Morgan fingerprint density at radius 1 is 1.61 bits per heavy atom. The largest absolute Gasteiger partial charge is 0.394 e. The van der Waals surface area contributed by atoms with Crippen LogP contribution in [0.4, 0.5) is 0 Å². The molecule has 0 spiro atoms. The summed E-state index contributed by atoms with van der Waals surface area (Å²) in [5.41, 5.74) is 0. The smallest absolute Gasteiger partial charge is 0.261 e. The number of amides is 1. The van der Waals surface area contributed by atoms with Gasteiger partial charge in [0.2, 0.25) is 0 Å². The summed E-state index contributed by atoms with van der Waals surface area (Å²) in [6.07, 6.45) is -0.934. The van der Waals surface area contributed by atoms with Gasteiger partial charge in [0, 0.05) is 11.5 Å². The van der Waals surface area contributed by atoms with Gasteiger partial charge in [-0.05, 0) is 25.5 Å². The van der Waals surface area contributed by atoms with Crippen molar-refractivity contribution in [1.82, 2.24) is 5.32 Å². The van der Waals surface area contributed by atoms with Gasteiger partial charge < -0.3 is 20.3 Å². The maximum Gasteiger partial charge on any atom is 0.261 e. The monoisotopic (exact) mass is 271 g/mol. The first kappa shape index (κ1) is 13.5. The van der Waals surface area contributed by atoms with E-state index in [0.29, 0.717) is 17.9 Å². The number of aliphatic hydroxyl groups excluding tert-OH is 2. The quantitative estimate of drug-likeness (QED) is 0.738. The molecule has 1 aliphatic rings. The van der Waals surface area contributed by atoms with Crippen LogP contribution in [0.1, 0.15) is 21.0 Å². The van der Waals surface area contributed by atoms with Gasteiger partial charge in [0.15, 0.2) is 0 Å². The molecule has 0 radical (unpaired) electrons. The zero-order chi connectivity index (χ0) is 13.1. The molecule has 1 aromatic heterocycles. The second-order valence-corrected chi connectivity index (χ2v) is 5.65. The highest BCUT2D eigenvalue weighted by Gasteiger charge is 2.33. The Morgan fingerprint density at radius 3 is 3.00 bits per heavy atom. The van der Waals surface area contributed by atoms with Crippen molar-refractivity contribution in [3.05, 3.63) is 21.9 Å². The number of ether oxygens (including phenoxy) is 1. The Morgan fingerprint density at radius 2 is 2.39 bits per heavy atom. The van der Waals surface area contributed by atoms with Crippen LogP contribution in [0.25, 0.3) is 0 Å². The third-order valence-corrected chi connectivity index (χ3v) is 4.01. The molecule has 0 aromatic carbocycles. The second-order valence-electron chi connectivity index (χ2n) is 4.36. The zero-order valence-corrected chi connectivity index (χ0v) is 10.9. The van der Waals surface area contributed by atoms with Crippen LogP contribution in [-0.2, 0) is 4.74 Å². The van der Waals surface area contributed by atoms with Gasteiger partial charge in [-0.3, -0.25) is 4.79 Å². The van der Waals surface area contributed by atoms with Crippen molar-refractivity contribution < 1.29 is 19.7 Å². The van der Waals surface area contributed by atoms with Crippen LogP contribution >= 0.6 is 11.3 Å². The minimum absolute atomic E-state index is 0.185. The summed E-state index contributed by atoms with van der Waals surface area (Å²) in [6.45, 7) is 2.12. The third-order valence-electron chi connectivity index (χ3n) is 3.01. The van der Waals surface area contributed by atoms with Gasteiger partial charge in [-0.15, -0.1) is 11.3 Å². The van der Waals surface area contributed by atoms with Crippen molar-refractivity contribution in [3.63, 3.8) is 0 Å². The molecule has 1 amide bonds. The molecule has 3 N–H and O–H groups in total. The minimum Gasteiger partial charge on any atom is -0.394 e. The average molecular weight is 271 g/mol. The molecular formula is C12H17NO4S. The Labute approximate surface area is 109 Å². The van der Waals surface area contributed by atoms with Gasteiger partial charge in [0.25, 0.3) is 5.91 Å². The van der Waals surface area contributed by atoms with E-state index in [0.717, 1.165) is 4.88 Å². The fourth-order valence-electron chi connectivity index (χ4n) is 1.99. The van der Waals surface area contributed by atoms with Gasteiger partial charge >= 0.3 is 0 Å². The van der Waals surface area contributed by atoms with Crippen molar-refractivity contribution in [2.75, 3.05) is 13.2 Å². The number of hydrogen-bond donors (Lipinski definition) is 3. The SMILES string of the molecule is Cc1ccc(C(=O)N[C@H]2CCO[C@H](CO)[C@H]2O)s1. The molecule has 1 fully saturated rings. The van der Waals surface area contributed by atoms with Crippen LogP contribution in [0.2, 0.25) is 0 Å². The van der Waals surface area contributed by atoms with Crippen LogP contribution < -0.4 is 5.32 Å². The summed E-state index contributed by atoms with van der Waals surface area (Å²) in [5.74, 6) is -0.185. The number of thiophene rings is 1. The highest BCUT2D eigenvalue weighted by atomic mass is 32.1. The number of nitrogens with one attached hydrogen (secondary N) is 1. The molecule has 1 aromatic rings. The van der Waals surface area contributed by atoms with E-state index in [-0.39, 0.29) is 18.6 Å². The molecule has 3 atom stereocenters. The van der Waals surface area contributed by atoms with Crippen molar-refractivity contribution >= 4 is 17.2 Å². The van der Waals surface area contributed by atoms with Crippen LogP contribution in [-0.4, -0.2) is 47.6 Å². The lowest BCUT2D eigenvalue weighted by Gasteiger charge is -2.34. The lowest BCUT2D eigenvalue weighted by Crippen LogP contribution is -2.54. The van der Waals surface area contributed by atoms with E-state index >= 15 is 0 Å². The molecule has 2 rings (SSSR count). The van der Waals surface area contributed by atoms with Crippen molar-refractivity contribution in [2.24, 2.45) is 0 Å². The summed E-state index contributed by atoms with van der Waals surface area (Å²) in [4.78, 5) is 13.7. The van der Waals surface area contributed by atoms with E-state index in [1.165, 1.54) is 11.3 Å². The fourth-order valence-corrected chi connectivity index (χ4v) is 2.76. The molecule has 1 saturated heterocycles. The van der Waals surface area contributed by atoms with E-state index in [4.69, 9.17) is 9.84 Å². The number of rotatable bonds is 3. The van der Waals surface area contributed by atoms with Crippen molar-refractivity contribution in [1.29, 1.82) is 0 Å². The summed E-state index contributed by atoms with van der Waals surface area (Å²) in [5, 5.41) is 21.8. The lowest BCUT2D eigenvalue weighted by molar-refractivity contribution is -0.107. The summed E-state index contributed by atoms with van der Waals surface area (Å²) in [6, 6.07) is 3.28.